The smallest absolute Gasteiger partial charge is 0.115 e. The molecule has 1 fully saturated rings. The van der Waals surface area contributed by atoms with Crippen LogP contribution in [0.25, 0.3) is 0 Å². The molecule has 1 aliphatic heterocycles. The van der Waals surface area contributed by atoms with Crippen LogP contribution in [0.15, 0.2) is 18.7 Å². The van der Waals surface area contributed by atoms with E-state index in [1.54, 1.807) is 6.33 Å². The molecule has 0 bridgehead atoms. The highest BCUT2D eigenvalue weighted by Gasteiger charge is 2.12. The molecule has 0 amide bonds. The topological polar surface area (TPSA) is 44.3 Å². The van der Waals surface area contributed by atoms with Crippen molar-refractivity contribution in [2.75, 3.05) is 46.3 Å². The zero-order valence-corrected chi connectivity index (χ0v) is 10.5. The van der Waals surface area contributed by atoms with Gasteiger partial charge in [0.25, 0.3) is 0 Å². The first-order chi connectivity index (χ1) is 8.34. The molecule has 1 aliphatic rings. The molecule has 1 N–H and O–H groups in total. The van der Waals surface area contributed by atoms with Gasteiger partial charge in [0, 0.05) is 63.8 Å². The van der Waals surface area contributed by atoms with Crippen LogP contribution in [0.3, 0.4) is 0 Å². The van der Waals surface area contributed by atoms with Crippen molar-refractivity contribution in [3.63, 3.8) is 0 Å². The summed E-state index contributed by atoms with van der Waals surface area (Å²) in [5.74, 6) is 0. The Morgan fingerprint density at radius 3 is 2.59 bits per heavy atom. The van der Waals surface area contributed by atoms with Crippen LogP contribution in [-0.2, 0) is 6.54 Å². The monoisotopic (exact) mass is 235 g/mol. The fourth-order valence-corrected chi connectivity index (χ4v) is 1.96. The van der Waals surface area contributed by atoms with Gasteiger partial charge in [-0.1, -0.05) is 0 Å². The lowest BCUT2D eigenvalue weighted by Gasteiger charge is -2.32. The second kappa shape index (κ2) is 6.64. The van der Waals surface area contributed by atoms with Crippen molar-refractivity contribution in [2.45, 2.75) is 6.54 Å². The largest absolute Gasteiger partial charge is 0.311 e. The van der Waals surface area contributed by atoms with Gasteiger partial charge >= 0.3 is 0 Å². The number of nitrogens with zero attached hydrogens (tertiary/aromatic N) is 4. The van der Waals surface area contributed by atoms with Crippen molar-refractivity contribution in [1.82, 2.24) is 25.1 Å². The average molecular weight is 235 g/mol. The van der Waals surface area contributed by atoms with Gasteiger partial charge in [-0.15, -0.1) is 0 Å². The van der Waals surface area contributed by atoms with E-state index >= 15 is 0 Å². The quantitative estimate of drug-likeness (QED) is 0.717. The van der Waals surface area contributed by atoms with E-state index in [9.17, 15) is 0 Å². The molecular formula is C12H21N5. The second-order valence-corrected chi connectivity index (χ2v) is 4.57. The molecule has 1 aromatic heterocycles. The third kappa shape index (κ3) is 4.38. The molecule has 5 heteroatoms. The predicted octanol–water partition coefficient (Wildman–Crippen LogP) is -0.186. The summed E-state index contributed by atoms with van der Waals surface area (Å²) >= 11 is 0. The number of piperazine rings is 1. The van der Waals surface area contributed by atoms with Crippen LogP contribution >= 0.6 is 0 Å². The van der Waals surface area contributed by atoms with Crippen molar-refractivity contribution in [3.8, 4) is 0 Å². The van der Waals surface area contributed by atoms with Crippen molar-refractivity contribution < 1.29 is 0 Å². The van der Waals surface area contributed by atoms with E-state index in [1.807, 2.05) is 12.4 Å². The number of hydrogen-bond acceptors (Lipinski definition) is 5. The van der Waals surface area contributed by atoms with Crippen molar-refractivity contribution in [1.29, 1.82) is 0 Å². The molecule has 2 rings (SSSR count). The Hall–Kier alpha value is -1.04. The van der Waals surface area contributed by atoms with Gasteiger partial charge < -0.3 is 10.2 Å². The average Bonchev–Trinajstić information content (AvgIpc) is 2.38. The lowest BCUT2D eigenvalue weighted by atomic mass is 10.3. The zero-order valence-electron chi connectivity index (χ0n) is 10.5. The van der Waals surface area contributed by atoms with E-state index in [-0.39, 0.29) is 0 Å². The summed E-state index contributed by atoms with van der Waals surface area (Å²) in [6, 6.07) is 0. The van der Waals surface area contributed by atoms with Gasteiger partial charge in [-0.25, -0.2) is 9.97 Å². The number of likely N-dealkylation sites (N-methyl/N-ethyl adjacent to an activating group) is 1. The van der Waals surface area contributed by atoms with E-state index in [2.05, 4.69) is 32.1 Å². The summed E-state index contributed by atoms with van der Waals surface area (Å²) in [7, 11) is 2.19. The molecule has 0 aliphatic carbocycles. The van der Waals surface area contributed by atoms with E-state index in [0.717, 1.165) is 25.2 Å². The summed E-state index contributed by atoms with van der Waals surface area (Å²) in [4.78, 5) is 12.9. The van der Waals surface area contributed by atoms with Crippen LogP contribution in [0.1, 0.15) is 5.56 Å². The van der Waals surface area contributed by atoms with E-state index < -0.39 is 0 Å². The minimum absolute atomic E-state index is 0.856. The van der Waals surface area contributed by atoms with Gasteiger partial charge in [0.05, 0.1) is 0 Å². The molecule has 17 heavy (non-hydrogen) atoms. The maximum absolute atomic E-state index is 3.99. The number of aromatic nitrogens is 2. The van der Waals surface area contributed by atoms with E-state index in [4.69, 9.17) is 0 Å². The first-order valence-corrected chi connectivity index (χ1v) is 6.20. The van der Waals surface area contributed by atoms with Gasteiger partial charge in [-0.3, -0.25) is 4.90 Å². The Balaban J connectivity index is 1.57. The first-order valence-electron chi connectivity index (χ1n) is 6.20. The maximum Gasteiger partial charge on any atom is 0.115 e. The Morgan fingerprint density at radius 2 is 1.88 bits per heavy atom. The molecule has 1 aromatic rings. The number of rotatable bonds is 5. The Bertz CT molecular complexity index is 308. The molecule has 0 saturated carbocycles. The van der Waals surface area contributed by atoms with Crippen LogP contribution in [0.4, 0.5) is 0 Å². The summed E-state index contributed by atoms with van der Waals surface area (Å²) in [6.07, 6.45) is 5.28. The standard InChI is InChI=1S/C12H21N5/c1-16-4-6-17(7-5-16)3-2-13-8-12-9-14-11-15-10-12/h9-11,13H,2-8H2,1H3. The predicted molar refractivity (Wildman–Crippen MR) is 67.7 cm³/mol. The first kappa shape index (κ1) is 12.4. The van der Waals surface area contributed by atoms with E-state index in [0.29, 0.717) is 0 Å². The second-order valence-electron chi connectivity index (χ2n) is 4.57. The molecule has 2 heterocycles. The summed E-state index contributed by atoms with van der Waals surface area (Å²) in [5, 5.41) is 3.42. The fourth-order valence-electron chi connectivity index (χ4n) is 1.96. The normalized spacial score (nSPS) is 18.4. The number of nitrogens with one attached hydrogen (secondary N) is 1. The lowest BCUT2D eigenvalue weighted by molar-refractivity contribution is 0.154. The van der Waals surface area contributed by atoms with Crippen LogP contribution < -0.4 is 5.32 Å². The van der Waals surface area contributed by atoms with Crippen LogP contribution in [0.5, 0.6) is 0 Å². The SMILES string of the molecule is CN1CCN(CCNCc2cncnc2)CC1. The lowest BCUT2D eigenvalue weighted by Crippen LogP contribution is -2.46. The Labute approximate surface area is 103 Å². The zero-order chi connectivity index (χ0) is 11.9. The van der Waals surface area contributed by atoms with Crippen LogP contribution in [0.2, 0.25) is 0 Å². The molecule has 0 spiro atoms. The highest BCUT2D eigenvalue weighted by molar-refractivity contribution is 5.01. The molecule has 0 radical (unpaired) electrons. The van der Waals surface area contributed by atoms with Gasteiger partial charge in [-0.05, 0) is 7.05 Å². The molecular weight excluding hydrogens is 214 g/mol. The molecule has 0 unspecified atom stereocenters. The van der Waals surface area contributed by atoms with E-state index in [1.165, 1.54) is 26.2 Å². The Morgan fingerprint density at radius 1 is 1.18 bits per heavy atom. The van der Waals surface area contributed by atoms with Gasteiger partial charge in [-0.2, -0.15) is 0 Å². The molecule has 1 saturated heterocycles. The van der Waals surface area contributed by atoms with Crippen molar-refractivity contribution in [2.24, 2.45) is 0 Å². The van der Waals surface area contributed by atoms with Gasteiger partial charge in [0.2, 0.25) is 0 Å². The van der Waals surface area contributed by atoms with Crippen LogP contribution in [-0.4, -0.2) is 66.1 Å². The molecule has 94 valence electrons. The van der Waals surface area contributed by atoms with Crippen molar-refractivity contribution in [3.05, 3.63) is 24.3 Å². The summed E-state index contributed by atoms with van der Waals surface area (Å²) in [6.45, 7) is 7.76. The van der Waals surface area contributed by atoms with Gasteiger partial charge in [0.15, 0.2) is 0 Å². The minimum atomic E-state index is 0.856. The third-order valence-corrected chi connectivity index (χ3v) is 3.14. The minimum Gasteiger partial charge on any atom is -0.311 e. The fraction of sp³-hybridized carbons (Fsp3) is 0.667. The molecule has 5 nitrogen and oxygen atoms in total. The molecule has 0 atom stereocenters. The van der Waals surface area contributed by atoms with Gasteiger partial charge in [0.1, 0.15) is 6.33 Å². The number of hydrogen-bond donors (Lipinski definition) is 1. The highest BCUT2D eigenvalue weighted by atomic mass is 15.2. The molecule has 0 aromatic carbocycles. The maximum atomic E-state index is 3.99. The summed E-state index contributed by atoms with van der Waals surface area (Å²) in [5.41, 5.74) is 1.14. The Kier molecular flexibility index (Phi) is 4.85. The highest BCUT2D eigenvalue weighted by Crippen LogP contribution is 1.98. The third-order valence-electron chi connectivity index (χ3n) is 3.14. The van der Waals surface area contributed by atoms with Crippen LogP contribution in [0, 0.1) is 0 Å². The summed E-state index contributed by atoms with van der Waals surface area (Å²) < 4.78 is 0. The van der Waals surface area contributed by atoms with Crippen molar-refractivity contribution >= 4 is 0 Å².